The molecule has 4 rings (SSSR count). The molecule has 2 aromatic rings. The van der Waals surface area contributed by atoms with Crippen molar-refractivity contribution < 1.29 is 9.59 Å². The first-order valence-electron chi connectivity index (χ1n) is 11.5. The van der Waals surface area contributed by atoms with E-state index >= 15 is 0 Å². The predicted molar refractivity (Wildman–Crippen MR) is 118 cm³/mol. The summed E-state index contributed by atoms with van der Waals surface area (Å²) in [6, 6.07) is 10.4. The number of benzene rings is 1. The number of aryl methyl sites for hydroxylation is 1. The number of nitrogens with zero attached hydrogens (tertiary/aromatic N) is 5. The highest BCUT2D eigenvalue weighted by Crippen LogP contribution is 2.20. The second-order valence-electron chi connectivity index (χ2n) is 8.47. The van der Waals surface area contributed by atoms with E-state index in [9.17, 15) is 9.59 Å². The van der Waals surface area contributed by atoms with Gasteiger partial charge >= 0.3 is 6.03 Å². The maximum absolute atomic E-state index is 12.8. The van der Waals surface area contributed by atoms with Crippen LogP contribution in [0.15, 0.2) is 36.5 Å². The van der Waals surface area contributed by atoms with Crippen LogP contribution in [-0.4, -0.2) is 69.0 Å². The van der Waals surface area contributed by atoms with Crippen LogP contribution in [0.1, 0.15) is 54.6 Å². The highest BCUT2D eigenvalue weighted by Gasteiger charge is 2.27. The van der Waals surface area contributed by atoms with E-state index in [-0.39, 0.29) is 18.0 Å². The first-order valence-corrected chi connectivity index (χ1v) is 11.5. The molecule has 1 atom stereocenters. The van der Waals surface area contributed by atoms with Crippen molar-refractivity contribution in [1.29, 1.82) is 0 Å². The van der Waals surface area contributed by atoms with Crippen molar-refractivity contribution in [2.45, 2.75) is 57.5 Å². The number of nitrogens with one attached hydrogen (secondary N) is 1. The molecule has 0 spiro atoms. The molecule has 3 heterocycles. The third-order valence-corrected chi connectivity index (χ3v) is 6.26. The van der Waals surface area contributed by atoms with E-state index in [2.05, 4.69) is 27.8 Å². The molecule has 2 saturated heterocycles. The SMILES string of the molecule is O=C(c1cn(CCC2CCCCN2C(=O)NCCc2ccccc2)nn1)N1CCCC1. The fourth-order valence-corrected chi connectivity index (χ4v) is 4.50. The molecule has 1 aromatic heterocycles. The molecular formula is C23H32N6O2. The number of hydrogen-bond donors (Lipinski definition) is 1. The number of likely N-dealkylation sites (tertiary alicyclic amines) is 2. The van der Waals surface area contributed by atoms with Crippen molar-refractivity contribution in [3.63, 3.8) is 0 Å². The van der Waals surface area contributed by atoms with Crippen molar-refractivity contribution in [2.75, 3.05) is 26.2 Å². The van der Waals surface area contributed by atoms with Gasteiger partial charge in [0.2, 0.25) is 0 Å². The lowest BCUT2D eigenvalue weighted by atomic mass is 10.00. The summed E-state index contributed by atoms with van der Waals surface area (Å²) < 4.78 is 1.74. The zero-order valence-electron chi connectivity index (χ0n) is 18.1. The maximum atomic E-state index is 12.8. The lowest BCUT2D eigenvalue weighted by Crippen LogP contribution is -2.49. The van der Waals surface area contributed by atoms with Gasteiger partial charge in [-0.2, -0.15) is 0 Å². The van der Waals surface area contributed by atoms with E-state index in [1.807, 2.05) is 28.0 Å². The third kappa shape index (κ3) is 5.62. The number of amides is 3. The molecule has 2 fully saturated rings. The lowest BCUT2D eigenvalue weighted by molar-refractivity contribution is 0.0787. The second kappa shape index (κ2) is 10.4. The molecule has 0 saturated carbocycles. The van der Waals surface area contributed by atoms with Crippen LogP contribution >= 0.6 is 0 Å². The van der Waals surface area contributed by atoms with E-state index < -0.39 is 0 Å². The van der Waals surface area contributed by atoms with Crippen molar-refractivity contribution in [2.24, 2.45) is 0 Å². The van der Waals surface area contributed by atoms with Crippen molar-refractivity contribution in [1.82, 2.24) is 30.1 Å². The van der Waals surface area contributed by atoms with Crippen molar-refractivity contribution in [3.05, 3.63) is 47.8 Å². The quantitative estimate of drug-likeness (QED) is 0.741. The number of urea groups is 1. The average Bonchev–Trinajstić information content (AvgIpc) is 3.51. The molecule has 8 heteroatoms. The van der Waals surface area contributed by atoms with E-state index in [1.165, 1.54) is 5.56 Å². The molecule has 8 nitrogen and oxygen atoms in total. The summed E-state index contributed by atoms with van der Waals surface area (Å²) in [5.74, 6) is -0.0270. The summed E-state index contributed by atoms with van der Waals surface area (Å²) in [6.07, 6.45) is 8.68. The van der Waals surface area contributed by atoms with Gasteiger partial charge < -0.3 is 15.1 Å². The van der Waals surface area contributed by atoms with Crippen LogP contribution in [-0.2, 0) is 13.0 Å². The number of piperidine rings is 1. The largest absolute Gasteiger partial charge is 0.338 e. The standard InChI is InChI=1S/C23H32N6O2/c30-22(27-14-6-7-15-27)21-18-28(26-25-21)17-12-20-10-4-5-16-29(20)23(31)24-13-11-19-8-2-1-3-9-19/h1-3,8-9,18,20H,4-7,10-17H2,(H,24,31). The highest BCUT2D eigenvalue weighted by atomic mass is 16.2. The van der Waals surface area contributed by atoms with Crippen molar-refractivity contribution in [3.8, 4) is 0 Å². The normalized spacial score (nSPS) is 18.9. The predicted octanol–water partition coefficient (Wildman–Crippen LogP) is 2.71. The second-order valence-corrected chi connectivity index (χ2v) is 8.47. The molecule has 0 radical (unpaired) electrons. The van der Waals surface area contributed by atoms with Crippen LogP contribution in [0.5, 0.6) is 0 Å². The first-order chi connectivity index (χ1) is 15.2. The van der Waals surface area contributed by atoms with Crippen LogP contribution in [0, 0.1) is 0 Å². The molecule has 3 amide bonds. The Bertz CT molecular complexity index is 862. The van der Waals surface area contributed by atoms with Gasteiger partial charge in [0.05, 0.1) is 6.20 Å². The molecule has 2 aliphatic rings. The Kier molecular flexibility index (Phi) is 7.17. The van der Waals surface area contributed by atoms with E-state index in [0.717, 1.165) is 64.6 Å². The smallest absolute Gasteiger partial charge is 0.317 e. The molecule has 0 aliphatic carbocycles. The summed E-state index contributed by atoms with van der Waals surface area (Å²) in [5, 5.41) is 11.3. The van der Waals surface area contributed by atoms with Gasteiger partial charge in [-0.15, -0.1) is 5.10 Å². The number of rotatable bonds is 7. The Morgan fingerprint density at radius 2 is 1.81 bits per heavy atom. The highest BCUT2D eigenvalue weighted by molar-refractivity contribution is 5.92. The Morgan fingerprint density at radius 3 is 2.61 bits per heavy atom. The van der Waals surface area contributed by atoms with Gasteiger partial charge in [0.1, 0.15) is 0 Å². The summed E-state index contributed by atoms with van der Waals surface area (Å²) >= 11 is 0. The molecule has 31 heavy (non-hydrogen) atoms. The number of carbonyl (C=O) groups is 2. The fraction of sp³-hybridized carbons (Fsp3) is 0.565. The van der Waals surface area contributed by atoms with Crippen LogP contribution in [0.3, 0.4) is 0 Å². The average molecular weight is 425 g/mol. The Morgan fingerprint density at radius 1 is 1.03 bits per heavy atom. The van der Waals surface area contributed by atoms with E-state index in [4.69, 9.17) is 0 Å². The number of carbonyl (C=O) groups excluding carboxylic acids is 2. The van der Waals surface area contributed by atoms with Gasteiger partial charge in [-0.05, 0) is 50.5 Å². The summed E-state index contributed by atoms with van der Waals surface area (Å²) in [5.41, 5.74) is 1.64. The number of hydrogen-bond acceptors (Lipinski definition) is 4. The minimum absolute atomic E-state index is 0.0177. The molecule has 1 N–H and O–H groups in total. The molecule has 1 aromatic carbocycles. The zero-order valence-corrected chi connectivity index (χ0v) is 18.1. The first kappa shape index (κ1) is 21.3. The van der Waals surface area contributed by atoms with Gasteiger partial charge in [-0.25, -0.2) is 4.79 Å². The van der Waals surface area contributed by atoms with E-state index in [1.54, 1.807) is 10.9 Å². The topological polar surface area (TPSA) is 83.4 Å². The summed E-state index contributed by atoms with van der Waals surface area (Å²) in [6.45, 7) is 3.69. The zero-order chi connectivity index (χ0) is 21.5. The molecule has 2 aliphatic heterocycles. The van der Waals surface area contributed by atoms with Crippen LogP contribution < -0.4 is 5.32 Å². The minimum atomic E-state index is -0.0270. The molecule has 1 unspecified atom stereocenters. The molecule has 0 bridgehead atoms. The van der Waals surface area contributed by atoms with Gasteiger partial charge in [0.15, 0.2) is 5.69 Å². The Labute approximate surface area is 183 Å². The Hall–Kier alpha value is -2.90. The monoisotopic (exact) mass is 424 g/mol. The number of aromatic nitrogens is 3. The van der Waals surface area contributed by atoms with Gasteiger partial charge in [-0.3, -0.25) is 9.48 Å². The maximum Gasteiger partial charge on any atom is 0.317 e. The van der Waals surface area contributed by atoms with E-state index in [0.29, 0.717) is 18.8 Å². The molecular weight excluding hydrogens is 392 g/mol. The van der Waals surface area contributed by atoms with Crippen LogP contribution in [0.25, 0.3) is 0 Å². The summed E-state index contributed by atoms with van der Waals surface area (Å²) in [4.78, 5) is 29.1. The van der Waals surface area contributed by atoms with Gasteiger partial charge in [0, 0.05) is 38.8 Å². The van der Waals surface area contributed by atoms with Gasteiger partial charge in [-0.1, -0.05) is 35.5 Å². The lowest BCUT2D eigenvalue weighted by Gasteiger charge is -2.35. The summed E-state index contributed by atoms with van der Waals surface area (Å²) in [7, 11) is 0. The molecule has 166 valence electrons. The minimum Gasteiger partial charge on any atom is -0.338 e. The van der Waals surface area contributed by atoms with Crippen molar-refractivity contribution >= 4 is 11.9 Å². The van der Waals surface area contributed by atoms with Gasteiger partial charge in [0.25, 0.3) is 5.91 Å². The van der Waals surface area contributed by atoms with Crippen LogP contribution in [0.4, 0.5) is 4.79 Å². The third-order valence-electron chi connectivity index (χ3n) is 6.26. The Balaban J connectivity index is 1.26. The fourth-order valence-electron chi connectivity index (χ4n) is 4.50. The van der Waals surface area contributed by atoms with Crippen LogP contribution in [0.2, 0.25) is 0 Å².